The van der Waals surface area contributed by atoms with Crippen molar-refractivity contribution in [2.45, 2.75) is 62.4 Å². The van der Waals surface area contributed by atoms with Gasteiger partial charge in [0.15, 0.2) is 0 Å². The number of benzene rings is 1. The molecule has 4 heterocycles. The number of hydrogen-bond acceptors (Lipinski definition) is 8. The van der Waals surface area contributed by atoms with Crippen molar-refractivity contribution >= 4 is 5.82 Å². The topological polar surface area (TPSA) is 96.3 Å². The summed E-state index contributed by atoms with van der Waals surface area (Å²) in [4.78, 5) is 11.2. The summed E-state index contributed by atoms with van der Waals surface area (Å²) >= 11 is 0. The normalized spacial score (nSPS) is 25.5. The minimum absolute atomic E-state index is 0.0961. The zero-order chi connectivity index (χ0) is 24.1. The van der Waals surface area contributed by atoms with Crippen molar-refractivity contribution in [2.75, 3.05) is 12.0 Å². The molecule has 8 nitrogen and oxygen atoms in total. The monoisotopic (exact) mass is 480 g/mol. The molecule has 2 aliphatic heterocycles. The van der Waals surface area contributed by atoms with E-state index in [0.29, 0.717) is 23.1 Å². The van der Waals surface area contributed by atoms with Crippen LogP contribution >= 0.6 is 0 Å². The molecule has 35 heavy (non-hydrogen) atoms. The Bertz CT molecular complexity index is 1240. The largest absolute Gasteiger partial charge is 0.507 e. The van der Waals surface area contributed by atoms with E-state index < -0.39 is 12.0 Å². The van der Waals surface area contributed by atoms with Gasteiger partial charge >= 0.3 is 0 Å². The lowest BCUT2D eigenvalue weighted by atomic mass is 9.96. The van der Waals surface area contributed by atoms with Crippen LogP contribution in [0.1, 0.15) is 32.1 Å². The van der Waals surface area contributed by atoms with Crippen LogP contribution in [0.5, 0.6) is 11.6 Å². The van der Waals surface area contributed by atoms with Gasteiger partial charge in [0, 0.05) is 40.9 Å². The van der Waals surface area contributed by atoms with Crippen LogP contribution < -0.4 is 15.0 Å². The lowest BCUT2D eigenvalue weighted by Gasteiger charge is -2.41. The number of halogens is 2. The van der Waals surface area contributed by atoms with Gasteiger partial charge in [-0.15, -0.1) is 5.10 Å². The predicted molar refractivity (Wildman–Crippen MR) is 125 cm³/mol. The number of rotatable bonds is 6. The summed E-state index contributed by atoms with van der Waals surface area (Å²) < 4.78 is 35.4. The summed E-state index contributed by atoms with van der Waals surface area (Å²) in [5.74, 6) is 0.168. The minimum atomic E-state index is -0.956. The summed E-state index contributed by atoms with van der Waals surface area (Å²) in [7, 11) is 1.45. The maximum atomic E-state index is 15.3. The Hall–Kier alpha value is -3.40. The standard InChI is InChI=1S/C25H26F2N6O2/c1-35-24-6-13(10-30-32-24)16-9-22(34)17(8-18(16)26)20-11-29-23(12-28-20)33(15-3-4-15)21-7-14-2-5-19(31-14)25(21)27/h6,8-12,14-15,19,21,25,31,34H,2-5,7H2,1H3/t14?,19?,21-,25+/m0/s1. The van der Waals surface area contributed by atoms with Crippen LogP contribution in [0, 0.1) is 5.82 Å². The van der Waals surface area contributed by atoms with Crippen molar-refractivity contribution in [3.63, 3.8) is 0 Å². The average molecular weight is 481 g/mol. The van der Waals surface area contributed by atoms with Gasteiger partial charge in [-0.25, -0.2) is 13.8 Å². The number of alkyl halides is 1. The molecule has 2 saturated heterocycles. The fourth-order valence-electron chi connectivity index (χ4n) is 5.40. The second-order valence-corrected chi connectivity index (χ2v) is 9.53. The Labute approximate surface area is 201 Å². The molecule has 182 valence electrons. The summed E-state index contributed by atoms with van der Waals surface area (Å²) in [5, 5.41) is 21.6. The third-order valence-corrected chi connectivity index (χ3v) is 7.27. The molecule has 1 aliphatic carbocycles. The molecular weight excluding hydrogens is 454 g/mol. The zero-order valence-electron chi connectivity index (χ0n) is 19.2. The molecule has 1 aromatic carbocycles. The van der Waals surface area contributed by atoms with E-state index >= 15 is 8.78 Å². The average Bonchev–Trinajstić information content (AvgIpc) is 3.63. The molecule has 3 fully saturated rings. The Morgan fingerprint density at radius 1 is 1.06 bits per heavy atom. The van der Waals surface area contributed by atoms with Gasteiger partial charge in [-0.05, 0) is 44.2 Å². The van der Waals surface area contributed by atoms with Gasteiger partial charge in [-0.3, -0.25) is 4.98 Å². The van der Waals surface area contributed by atoms with Crippen molar-refractivity contribution in [1.82, 2.24) is 25.5 Å². The first-order chi connectivity index (χ1) is 17.0. The Morgan fingerprint density at radius 2 is 1.91 bits per heavy atom. The molecule has 4 atom stereocenters. The second kappa shape index (κ2) is 8.67. The summed E-state index contributed by atoms with van der Waals surface area (Å²) in [5.41, 5.74) is 1.15. The van der Waals surface area contributed by atoms with Crippen LogP contribution in [0.25, 0.3) is 22.4 Å². The first-order valence-electron chi connectivity index (χ1n) is 11.9. The van der Waals surface area contributed by atoms with Gasteiger partial charge in [-0.1, -0.05) is 0 Å². The lowest BCUT2D eigenvalue weighted by Crippen LogP contribution is -2.57. The van der Waals surface area contributed by atoms with Crippen LogP contribution in [0.15, 0.2) is 36.8 Å². The molecule has 0 radical (unpaired) electrons. The molecule has 2 bridgehead atoms. The molecule has 2 N–H and O–H groups in total. The zero-order valence-corrected chi connectivity index (χ0v) is 19.2. The van der Waals surface area contributed by atoms with E-state index in [1.165, 1.54) is 37.7 Å². The first-order valence-corrected chi connectivity index (χ1v) is 11.9. The van der Waals surface area contributed by atoms with Gasteiger partial charge in [0.05, 0.1) is 37.4 Å². The summed E-state index contributed by atoms with van der Waals surface area (Å²) in [6.45, 7) is 0. The van der Waals surface area contributed by atoms with E-state index in [1.807, 2.05) is 0 Å². The van der Waals surface area contributed by atoms with E-state index in [2.05, 4.69) is 30.4 Å². The van der Waals surface area contributed by atoms with Gasteiger partial charge in [0.1, 0.15) is 23.6 Å². The molecule has 2 aromatic heterocycles. The third-order valence-electron chi connectivity index (χ3n) is 7.27. The Kier molecular flexibility index (Phi) is 5.47. The number of hydrogen-bond donors (Lipinski definition) is 2. The molecule has 2 unspecified atom stereocenters. The lowest BCUT2D eigenvalue weighted by molar-refractivity contribution is 0.171. The van der Waals surface area contributed by atoms with E-state index in [1.54, 1.807) is 6.20 Å². The van der Waals surface area contributed by atoms with Crippen LogP contribution in [0.2, 0.25) is 0 Å². The molecule has 3 aromatic rings. The number of nitrogens with one attached hydrogen (secondary N) is 1. The SMILES string of the molecule is COc1cc(-c2cc(O)c(-c3cnc(N(C4CC4)[C@H]4CC5CCC(N5)[C@H]4F)cn3)cc2F)cnn1. The molecule has 0 amide bonds. The van der Waals surface area contributed by atoms with Crippen LogP contribution in [0.4, 0.5) is 14.6 Å². The number of anilines is 1. The molecular formula is C25H26F2N6O2. The molecule has 0 spiro atoms. The van der Waals surface area contributed by atoms with E-state index in [0.717, 1.165) is 32.1 Å². The van der Waals surface area contributed by atoms with Crippen molar-refractivity contribution in [1.29, 1.82) is 0 Å². The van der Waals surface area contributed by atoms with Gasteiger partial charge in [0.2, 0.25) is 5.88 Å². The quantitative estimate of drug-likeness (QED) is 0.552. The molecule has 10 heteroatoms. The Morgan fingerprint density at radius 3 is 2.66 bits per heavy atom. The number of methoxy groups -OCH3 is 1. The van der Waals surface area contributed by atoms with Gasteiger partial charge in [-0.2, -0.15) is 5.10 Å². The van der Waals surface area contributed by atoms with Gasteiger partial charge in [0.25, 0.3) is 0 Å². The minimum Gasteiger partial charge on any atom is -0.507 e. The van der Waals surface area contributed by atoms with E-state index in [-0.39, 0.29) is 40.9 Å². The van der Waals surface area contributed by atoms with E-state index in [9.17, 15) is 5.11 Å². The van der Waals surface area contributed by atoms with Gasteiger partial charge < -0.3 is 20.1 Å². The maximum absolute atomic E-state index is 15.3. The second-order valence-electron chi connectivity index (χ2n) is 9.53. The number of piperidine rings is 1. The smallest absolute Gasteiger partial charge is 0.233 e. The fourth-order valence-corrected chi connectivity index (χ4v) is 5.40. The highest BCUT2D eigenvalue weighted by atomic mass is 19.1. The van der Waals surface area contributed by atoms with Crippen LogP contribution in [-0.2, 0) is 0 Å². The van der Waals surface area contributed by atoms with E-state index in [4.69, 9.17) is 4.74 Å². The number of aromatic nitrogens is 4. The highest BCUT2D eigenvalue weighted by molar-refractivity contribution is 5.74. The third kappa shape index (κ3) is 4.05. The van der Waals surface area contributed by atoms with Crippen molar-refractivity contribution < 1.29 is 18.6 Å². The molecule has 1 saturated carbocycles. The number of aromatic hydroxyl groups is 1. The first kappa shape index (κ1) is 22.1. The number of phenols is 1. The Balaban J connectivity index is 1.28. The number of fused-ring (bicyclic) bond motifs is 2. The van der Waals surface area contributed by atoms with Crippen molar-refractivity contribution in [3.05, 3.63) is 42.6 Å². The molecule has 6 rings (SSSR count). The summed E-state index contributed by atoms with van der Waals surface area (Å²) in [6, 6.07) is 4.38. The fraction of sp³-hybridized carbons (Fsp3) is 0.440. The summed E-state index contributed by atoms with van der Waals surface area (Å²) in [6.07, 6.45) is 8.21. The highest BCUT2D eigenvalue weighted by Crippen LogP contribution is 2.40. The van der Waals surface area contributed by atoms with Crippen LogP contribution in [-0.4, -0.2) is 62.7 Å². The highest BCUT2D eigenvalue weighted by Gasteiger charge is 2.48. The van der Waals surface area contributed by atoms with Crippen molar-refractivity contribution in [2.24, 2.45) is 0 Å². The number of ether oxygens (including phenoxy) is 1. The molecule has 3 aliphatic rings. The maximum Gasteiger partial charge on any atom is 0.233 e. The van der Waals surface area contributed by atoms with Crippen LogP contribution in [0.3, 0.4) is 0 Å². The number of nitrogens with zero attached hydrogens (tertiary/aromatic N) is 5. The predicted octanol–water partition coefficient (Wildman–Crippen LogP) is 3.65. The number of phenolic OH excluding ortho intramolecular Hbond substituents is 1. The van der Waals surface area contributed by atoms with Crippen molar-refractivity contribution in [3.8, 4) is 34.0 Å².